The fourth-order valence-corrected chi connectivity index (χ4v) is 7.03. The molecular weight excluding hydrogens is 700 g/mol. The van der Waals surface area contributed by atoms with Gasteiger partial charge in [-0.3, -0.25) is 29.8 Å². The van der Waals surface area contributed by atoms with Gasteiger partial charge in [0.15, 0.2) is 5.78 Å². The van der Waals surface area contributed by atoms with Gasteiger partial charge in [-0.25, -0.2) is 4.79 Å². The van der Waals surface area contributed by atoms with Gasteiger partial charge in [-0.15, -0.1) is 0 Å². The lowest BCUT2D eigenvalue weighted by molar-refractivity contribution is -0.385. The number of amides is 2. The van der Waals surface area contributed by atoms with Gasteiger partial charge in [0, 0.05) is 60.8 Å². The molecule has 0 aromatic heterocycles. The molecule has 2 amide bonds. The molecule has 12 nitrogen and oxygen atoms in total. The van der Waals surface area contributed by atoms with Gasteiger partial charge in [-0.1, -0.05) is 78.9 Å². The van der Waals surface area contributed by atoms with Crippen molar-refractivity contribution in [1.82, 2.24) is 10.2 Å². The maximum atomic E-state index is 14.5. The number of nitrogens with one attached hydrogen (secondary N) is 1. The molecule has 274 valence electrons. The predicted octanol–water partition coefficient (Wildman–Crippen LogP) is 7.53. The normalized spacial score (nSPS) is 15.6. The van der Waals surface area contributed by atoms with E-state index in [1.165, 1.54) is 53.4 Å². The van der Waals surface area contributed by atoms with Crippen LogP contribution in [0.15, 0.2) is 139 Å². The number of alkyl carbamates (subject to hydrolysis) is 1. The van der Waals surface area contributed by atoms with Gasteiger partial charge >= 0.3 is 6.09 Å². The fraction of sp³-hybridized carbons (Fsp3) is 0.140. The molecule has 1 N–H and O–H groups in total. The molecule has 1 heterocycles. The average molecular weight is 735 g/mol. The van der Waals surface area contributed by atoms with E-state index in [1.54, 1.807) is 12.2 Å². The monoisotopic (exact) mass is 734 g/mol. The smallest absolute Gasteiger partial charge is 0.407 e. The van der Waals surface area contributed by atoms with Crippen LogP contribution in [0.2, 0.25) is 0 Å². The van der Waals surface area contributed by atoms with Crippen LogP contribution in [0.4, 0.5) is 16.2 Å². The molecule has 1 aliphatic carbocycles. The number of rotatable bonds is 10. The number of Topliss-reactive ketones (excluding diaryl/α,β-unsaturated/α-hetero) is 1. The Bertz CT molecular complexity index is 2230. The minimum absolute atomic E-state index is 0.0502. The van der Waals surface area contributed by atoms with E-state index >= 15 is 0 Å². The molecule has 5 aromatic rings. The number of fused-ring (bicyclic) bond motifs is 3. The molecule has 1 atom stereocenters. The number of non-ortho nitro benzene ring substituents is 2. The summed E-state index contributed by atoms with van der Waals surface area (Å²) in [4.78, 5) is 64.8. The third-order valence-electron chi connectivity index (χ3n) is 9.72. The summed E-state index contributed by atoms with van der Waals surface area (Å²) >= 11 is 0. The first-order chi connectivity index (χ1) is 26.6. The Morgan fingerprint density at radius 1 is 0.709 bits per heavy atom. The lowest BCUT2D eigenvalue weighted by Gasteiger charge is -2.33. The summed E-state index contributed by atoms with van der Waals surface area (Å²) in [5.41, 5.74) is 6.31. The first-order valence-corrected chi connectivity index (χ1v) is 17.5. The van der Waals surface area contributed by atoms with E-state index < -0.39 is 27.9 Å². The van der Waals surface area contributed by atoms with E-state index in [1.807, 2.05) is 78.9 Å². The summed E-state index contributed by atoms with van der Waals surface area (Å²) in [6, 6.07) is 35.4. The first-order valence-electron chi connectivity index (χ1n) is 17.5. The quantitative estimate of drug-likeness (QED) is 0.0875. The van der Waals surface area contributed by atoms with Gasteiger partial charge in [0.05, 0.1) is 9.85 Å². The zero-order valence-corrected chi connectivity index (χ0v) is 29.4. The standard InChI is InChI=1S/C43H34N4O8/c48-41-31(22-29-14-18-33(19-15-29)46(51)52)25-45(26-32(41)23-30-16-20-34(21-17-30)47(53)54)42(49)40(24-28-8-2-1-3-9-28)44-43(50)55-27-39-37-12-6-4-10-35(37)36-11-5-7-13-38(36)39/h1-23,39-40H,24-27H2,(H,44,50)/b31-22+,32-23+. The Labute approximate surface area is 315 Å². The maximum absolute atomic E-state index is 14.5. The van der Waals surface area contributed by atoms with E-state index in [9.17, 15) is 34.6 Å². The van der Waals surface area contributed by atoms with Crippen molar-refractivity contribution in [2.24, 2.45) is 0 Å². The Hall–Kier alpha value is -7.21. The van der Waals surface area contributed by atoms with Crippen LogP contribution in [0.1, 0.15) is 33.7 Å². The Balaban J connectivity index is 1.16. The van der Waals surface area contributed by atoms with Gasteiger partial charge in [0.25, 0.3) is 11.4 Å². The van der Waals surface area contributed by atoms with Crippen molar-refractivity contribution in [3.8, 4) is 11.1 Å². The molecule has 12 heteroatoms. The van der Waals surface area contributed by atoms with Crippen molar-refractivity contribution >= 4 is 41.3 Å². The number of likely N-dealkylation sites (tertiary alicyclic amines) is 1. The van der Waals surface area contributed by atoms with Gasteiger partial charge < -0.3 is 15.0 Å². The average Bonchev–Trinajstić information content (AvgIpc) is 3.52. The van der Waals surface area contributed by atoms with Crippen molar-refractivity contribution in [2.45, 2.75) is 18.4 Å². The van der Waals surface area contributed by atoms with Crippen molar-refractivity contribution in [2.75, 3.05) is 19.7 Å². The number of hydrogen-bond donors (Lipinski definition) is 1. The van der Waals surface area contributed by atoms with Crippen molar-refractivity contribution < 1.29 is 29.0 Å². The second kappa shape index (κ2) is 15.8. The third kappa shape index (κ3) is 8.08. The number of carbonyl (C=O) groups is 3. The van der Waals surface area contributed by atoms with Crippen LogP contribution < -0.4 is 5.32 Å². The molecule has 1 saturated heterocycles. The van der Waals surface area contributed by atoms with E-state index in [2.05, 4.69) is 5.32 Å². The molecule has 0 spiro atoms. The highest BCUT2D eigenvalue weighted by molar-refractivity contribution is 6.15. The number of nitro benzene ring substituents is 2. The molecule has 0 bridgehead atoms. The number of hydrogen-bond acceptors (Lipinski definition) is 8. The highest BCUT2D eigenvalue weighted by Crippen LogP contribution is 2.44. The topological polar surface area (TPSA) is 162 Å². The van der Waals surface area contributed by atoms with E-state index in [0.29, 0.717) is 11.1 Å². The molecule has 2 aliphatic rings. The SMILES string of the molecule is O=C(NC(Cc1ccccc1)C(=O)N1C/C(=C\c2ccc([N+](=O)[O-])cc2)C(=O)/C(=C/c2ccc([N+](=O)[O-])cc2)C1)OCC1c2ccccc2-c2ccccc21. The molecule has 7 rings (SSSR count). The van der Waals surface area contributed by atoms with Crippen molar-refractivity contribution in [3.05, 3.63) is 187 Å². The van der Waals surface area contributed by atoms with E-state index in [4.69, 9.17) is 4.74 Å². The lowest BCUT2D eigenvalue weighted by Crippen LogP contribution is -2.53. The minimum atomic E-state index is -1.08. The number of carbonyl (C=O) groups excluding carboxylic acids is 3. The number of ether oxygens (including phenoxy) is 1. The summed E-state index contributed by atoms with van der Waals surface area (Å²) in [5, 5.41) is 25.3. The van der Waals surface area contributed by atoms with Crippen LogP contribution in [-0.4, -0.2) is 58.3 Å². The molecule has 0 saturated carbocycles. The number of piperidine rings is 1. The number of benzene rings is 5. The predicted molar refractivity (Wildman–Crippen MR) is 206 cm³/mol. The van der Waals surface area contributed by atoms with Crippen molar-refractivity contribution in [1.29, 1.82) is 0 Å². The van der Waals surface area contributed by atoms with Crippen molar-refractivity contribution in [3.63, 3.8) is 0 Å². The number of nitrogens with zero attached hydrogens (tertiary/aromatic N) is 3. The second-order valence-corrected chi connectivity index (χ2v) is 13.3. The lowest BCUT2D eigenvalue weighted by atomic mass is 9.93. The summed E-state index contributed by atoms with van der Waals surface area (Å²) in [5.74, 6) is -1.01. The largest absolute Gasteiger partial charge is 0.449 e. The molecule has 1 unspecified atom stereocenters. The minimum Gasteiger partial charge on any atom is -0.449 e. The highest BCUT2D eigenvalue weighted by atomic mass is 16.6. The van der Waals surface area contributed by atoms with Crippen LogP contribution in [0, 0.1) is 20.2 Å². The van der Waals surface area contributed by atoms with Gasteiger partial charge in [-0.2, -0.15) is 0 Å². The summed E-state index contributed by atoms with van der Waals surface area (Å²) in [7, 11) is 0. The van der Waals surface area contributed by atoms with E-state index in [-0.39, 0.29) is 60.3 Å². The molecule has 1 fully saturated rings. The van der Waals surface area contributed by atoms with E-state index in [0.717, 1.165) is 27.8 Å². The maximum Gasteiger partial charge on any atom is 0.407 e. The zero-order chi connectivity index (χ0) is 38.5. The Kier molecular flexibility index (Phi) is 10.4. The molecule has 0 radical (unpaired) electrons. The zero-order valence-electron chi connectivity index (χ0n) is 29.4. The highest BCUT2D eigenvalue weighted by Gasteiger charge is 2.35. The number of ketones is 1. The fourth-order valence-electron chi connectivity index (χ4n) is 7.03. The van der Waals surface area contributed by atoms with Crippen LogP contribution >= 0.6 is 0 Å². The Morgan fingerprint density at radius 2 is 1.18 bits per heavy atom. The number of nitro groups is 2. The van der Waals surface area contributed by atoms with Crippen LogP contribution in [0.5, 0.6) is 0 Å². The molecule has 5 aromatic carbocycles. The van der Waals surface area contributed by atoms with Crippen LogP contribution in [0.25, 0.3) is 23.3 Å². The summed E-state index contributed by atoms with van der Waals surface area (Å²) < 4.78 is 5.82. The van der Waals surface area contributed by atoms with Crippen LogP contribution in [-0.2, 0) is 20.7 Å². The van der Waals surface area contributed by atoms with Crippen LogP contribution in [0.3, 0.4) is 0 Å². The third-order valence-corrected chi connectivity index (χ3v) is 9.72. The van der Waals surface area contributed by atoms with Gasteiger partial charge in [-0.05, 0) is 75.4 Å². The summed E-state index contributed by atoms with van der Waals surface area (Å²) in [6.07, 6.45) is 2.50. The first kappa shape index (κ1) is 36.2. The molecular formula is C43H34N4O8. The summed E-state index contributed by atoms with van der Waals surface area (Å²) in [6.45, 7) is -0.164. The van der Waals surface area contributed by atoms with Gasteiger partial charge in [0.1, 0.15) is 12.6 Å². The second-order valence-electron chi connectivity index (χ2n) is 13.3. The molecule has 1 aliphatic heterocycles. The molecule has 55 heavy (non-hydrogen) atoms. The Morgan fingerprint density at radius 3 is 1.67 bits per heavy atom. The van der Waals surface area contributed by atoms with Gasteiger partial charge in [0.2, 0.25) is 5.91 Å².